The third-order valence-electron chi connectivity index (χ3n) is 3.59. The van der Waals surface area contributed by atoms with Gasteiger partial charge in [-0.1, -0.05) is 13.8 Å². The summed E-state index contributed by atoms with van der Waals surface area (Å²) < 4.78 is 0. The van der Waals surface area contributed by atoms with Crippen LogP contribution in [0.1, 0.15) is 40.0 Å². The van der Waals surface area contributed by atoms with Gasteiger partial charge in [0.05, 0.1) is 6.54 Å². The zero-order chi connectivity index (χ0) is 21.1. The molecule has 4 amide bonds. The van der Waals surface area contributed by atoms with E-state index in [1.165, 1.54) is 6.92 Å². The van der Waals surface area contributed by atoms with Gasteiger partial charge in [0.25, 0.3) is 0 Å². The van der Waals surface area contributed by atoms with Crippen molar-refractivity contribution in [3.05, 3.63) is 0 Å². The summed E-state index contributed by atoms with van der Waals surface area (Å²) in [7, 11) is 0. The highest BCUT2D eigenvalue weighted by Crippen LogP contribution is 2.05. The van der Waals surface area contributed by atoms with E-state index in [0.29, 0.717) is 0 Å². The van der Waals surface area contributed by atoms with Gasteiger partial charge in [-0.15, -0.1) is 0 Å². The molecule has 27 heavy (non-hydrogen) atoms. The van der Waals surface area contributed by atoms with E-state index in [0.717, 1.165) is 0 Å². The van der Waals surface area contributed by atoms with Crippen LogP contribution in [0.2, 0.25) is 0 Å². The second kappa shape index (κ2) is 11.8. The maximum atomic E-state index is 12.3. The minimum absolute atomic E-state index is 0.0425. The van der Waals surface area contributed by atoms with E-state index in [1.807, 2.05) is 13.8 Å². The Hall–Kier alpha value is -2.69. The molecule has 154 valence electrons. The number of carboxylic acid groups (broad SMARTS) is 1. The molecule has 0 radical (unpaired) electrons. The van der Waals surface area contributed by atoms with E-state index in [9.17, 15) is 24.0 Å². The fourth-order valence-electron chi connectivity index (χ4n) is 2.18. The number of rotatable bonds is 12. The Morgan fingerprint density at radius 3 is 1.96 bits per heavy atom. The Balaban J connectivity index is 4.91. The number of hydrogen-bond donors (Lipinski definition) is 6. The third kappa shape index (κ3) is 10.1. The first-order valence-electron chi connectivity index (χ1n) is 8.59. The molecule has 0 aliphatic heterocycles. The Morgan fingerprint density at radius 1 is 0.926 bits per heavy atom. The number of nitrogens with one attached hydrogen (secondary N) is 3. The van der Waals surface area contributed by atoms with Gasteiger partial charge in [0.15, 0.2) is 0 Å². The molecule has 3 atom stereocenters. The van der Waals surface area contributed by atoms with Gasteiger partial charge >= 0.3 is 5.97 Å². The van der Waals surface area contributed by atoms with Crippen molar-refractivity contribution >= 4 is 29.6 Å². The fraction of sp³-hybridized carbons (Fsp3) is 0.688. The van der Waals surface area contributed by atoms with Crippen molar-refractivity contribution in [2.24, 2.45) is 17.4 Å². The summed E-state index contributed by atoms with van der Waals surface area (Å²) in [6.45, 7) is 4.65. The lowest BCUT2D eigenvalue weighted by atomic mass is 10.0. The van der Waals surface area contributed by atoms with Crippen molar-refractivity contribution in [2.45, 2.75) is 58.2 Å². The maximum absolute atomic E-state index is 12.3. The van der Waals surface area contributed by atoms with Crippen molar-refractivity contribution < 1.29 is 29.1 Å². The van der Waals surface area contributed by atoms with Gasteiger partial charge in [0, 0.05) is 6.42 Å². The standard InChI is InChI=1S/C16H29N5O6/c1-8(2)6-11(16(26)27)21-14(24)9(3)19-15(25)10(4-5-12(18)22)20-13(23)7-17/h8-11H,4-7,17H2,1-3H3,(H2,18,22)(H,19,25)(H,20,23)(H,21,24)(H,26,27). The minimum Gasteiger partial charge on any atom is -0.480 e. The van der Waals surface area contributed by atoms with Gasteiger partial charge in [-0.3, -0.25) is 19.2 Å². The number of amides is 4. The average Bonchev–Trinajstić information content (AvgIpc) is 2.56. The van der Waals surface area contributed by atoms with Crippen molar-refractivity contribution in [1.82, 2.24) is 16.0 Å². The quantitative estimate of drug-likeness (QED) is 0.219. The monoisotopic (exact) mass is 387 g/mol. The predicted molar refractivity (Wildman–Crippen MR) is 96.0 cm³/mol. The molecule has 0 bridgehead atoms. The normalized spacial score (nSPS) is 14.0. The largest absolute Gasteiger partial charge is 0.480 e. The lowest BCUT2D eigenvalue weighted by Crippen LogP contribution is -2.55. The highest BCUT2D eigenvalue weighted by molar-refractivity contribution is 5.93. The van der Waals surface area contributed by atoms with Crippen LogP contribution in [0.3, 0.4) is 0 Å². The molecule has 0 rings (SSSR count). The molecule has 0 saturated carbocycles. The summed E-state index contributed by atoms with van der Waals surface area (Å²) in [4.78, 5) is 58.1. The lowest BCUT2D eigenvalue weighted by Gasteiger charge is -2.22. The summed E-state index contributed by atoms with van der Waals surface area (Å²) in [5, 5.41) is 16.2. The van der Waals surface area contributed by atoms with Gasteiger partial charge in [0.1, 0.15) is 18.1 Å². The molecule has 0 aromatic carbocycles. The summed E-state index contributed by atoms with van der Waals surface area (Å²) >= 11 is 0. The Labute approximate surface area is 157 Å². The molecule has 0 fully saturated rings. The SMILES string of the molecule is CC(C)CC(NC(=O)C(C)NC(=O)C(CCC(N)=O)NC(=O)CN)C(=O)O. The zero-order valence-electron chi connectivity index (χ0n) is 15.8. The van der Waals surface area contributed by atoms with Gasteiger partial charge < -0.3 is 32.5 Å². The number of nitrogens with two attached hydrogens (primary N) is 2. The van der Waals surface area contributed by atoms with Gasteiger partial charge in [-0.2, -0.15) is 0 Å². The van der Waals surface area contributed by atoms with Crippen LogP contribution in [0.4, 0.5) is 0 Å². The minimum atomic E-state index is -1.18. The van der Waals surface area contributed by atoms with Crippen LogP contribution in [0.5, 0.6) is 0 Å². The molecular formula is C16H29N5O6. The van der Waals surface area contributed by atoms with Crippen molar-refractivity contribution in [2.75, 3.05) is 6.54 Å². The van der Waals surface area contributed by atoms with Crippen LogP contribution in [-0.4, -0.2) is 59.4 Å². The highest BCUT2D eigenvalue weighted by Gasteiger charge is 2.27. The van der Waals surface area contributed by atoms with E-state index in [1.54, 1.807) is 0 Å². The van der Waals surface area contributed by atoms with Crippen LogP contribution in [0.25, 0.3) is 0 Å². The Kier molecular flexibility index (Phi) is 10.7. The van der Waals surface area contributed by atoms with Crippen LogP contribution >= 0.6 is 0 Å². The van der Waals surface area contributed by atoms with Crippen LogP contribution in [0.15, 0.2) is 0 Å². The predicted octanol–water partition coefficient (Wildman–Crippen LogP) is -2.18. The molecule has 11 heteroatoms. The zero-order valence-corrected chi connectivity index (χ0v) is 15.8. The van der Waals surface area contributed by atoms with E-state index in [4.69, 9.17) is 16.6 Å². The third-order valence-corrected chi connectivity index (χ3v) is 3.59. The highest BCUT2D eigenvalue weighted by atomic mass is 16.4. The first-order valence-corrected chi connectivity index (χ1v) is 8.59. The van der Waals surface area contributed by atoms with E-state index in [-0.39, 0.29) is 31.7 Å². The topological polar surface area (TPSA) is 194 Å². The molecule has 0 spiro atoms. The number of carbonyl (C=O) groups excluding carboxylic acids is 4. The molecule has 0 aliphatic rings. The molecular weight excluding hydrogens is 358 g/mol. The lowest BCUT2D eigenvalue weighted by molar-refractivity contribution is -0.142. The maximum Gasteiger partial charge on any atom is 0.326 e. The number of hydrogen-bond acceptors (Lipinski definition) is 6. The molecule has 0 aromatic rings. The summed E-state index contributed by atoms with van der Waals surface area (Å²) in [6.07, 6.45) is 0.0148. The van der Waals surface area contributed by atoms with Crippen molar-refractivity contribution in [3.63, 3.8) is 0 Å². The molecule has 0 saturated heterocycles. The molecule has 0 heterocycles. The number of carbonyl (C=O) groups is 5. The number of primary amides is 1. The Bertz CT molecular complexity index is 566. The number of carboxylic acids is 1. The summed E-state index contributed by atoms with van der Waals surface area (Å²) in [6, 6.07) is -3.24. The van der Waals surface area contributed by atoms with E-state index < -0.39 is 47.7 Å². The second-order valence-corrected chi connectivity index (χ2v) is 6.59. The fourth-order valence-corrected chi connectivity index (χ4v) is 2.18. The summed E-state index contributed by atoms with van der Waals surface area (Å²) in [5.74, 6) is -3.80. The van der Waals surface area contributed by atoms with Gasteiger partial charge in [-0.05, 0) is 25.7 Å². The first kappa shape index (κ1) is 24.3. The molecule has 0 aliphatic carbocycles. The Morgan fingerprint density at radius 2 is 1.52 bits per heavy atom. The van der Waals surface area contributed by atoms with Crippen LogP contribution in [-0.2, 0) is 24.0 Å². The molecule has 0 aromatic heterocycles. The van der Waals surface area contributed by atoms with Crippen LogP contribution in [0, 0.1) is 5.92 Å². The average molecular weight is 387 g/mol. The van der Waals surface area contributed by atoms with E-state index in [2.05, 4.69) is 16.0 Å². The molecule has 11 nitrogen and oxygen atoms in total. The van der Waals surface area contributed by atoms with Crippen molar-refractivity contribution in [1.29, 1.82) is 0 Å². The molecule has 8 N–H and O–H groups in total. The summed E-state index contributed by atoms with van der Waals surface area (Å²) in [5.41, 5.74) is 10.2. The molecule has 3 unspecified atom stereocenters. The van der Waals surface area contributed by atoms with Gasteiger partial charge in [0.2, 0.25) is 23.6 Å². The second-order valence-electron chi connectivity index (χ2n) is 6.59. The smallest absolute Gasteiger partial charge is 0.326 e. The number of aliphatic carboxylic acids is 1. The van der Waals surface area contributed by atoms with Crippen molar-refractivity contribution in [3.8, 4) is 0 Å². The van der Waals surface area contributed by atoms with Crippen LogP contribution < -0.4 is 27.4 Å². The first-order chi connectivity index (χ1) is 12.5. The van der Waals surface area contributed by atoms with E-state index >= 15 is 0 Å². The van der Waals surface area contributed by atoms with Gasteiger partial charge in [-0.25, -0.2) is 4.79 Å².